The Hall–Kier alpha value is -1.59. The van der Waals surface area contributed by atoms with Gasteiger partial charge >= 0.3 is 0 Å². The van der Waals surface area contributed by atoms with Crippen LogP contribution in [-0.2, 0) is 9.53 Å². The van der Waals surface area contributed by atoms with Gasteiger partial charge in [0.1, 0.15) is 6.61 Å². The average Bonchev–Trinajstić information content (AvgIpc) is 2.47. The molecular weight excluding hydrogens is 254 g/mol. The summed E-state index contributed by atoms with van der Waals surface area (Å²) < 4.78 is 5.27. The summed E-state index contributed by atoms with van der Waals surface area (Å²) >= 11 is 0. The topological polar surface area (TPSA) is 53.6 Å². The molecule has 1 aromatic rings. The Kier molecular flexibility index (Phi) is 5.38. The van der Waals surface area contributed by atoms with E-state index in [9.17, 15) is 4.79 Å². The molecule has 0 radical (unpaired) electrons. The van der Waals surface area contributed by atoms with Crippen LogP contribution in [0.2, 0.25) is 0 Å². The number of rotatable bonds is 5. The Morgan fingerprint density at radius 2 is 1.95 bits per heavy atom. The van der Waals surface area contributed by atoms with E-state index in [0.717, 1.165) is 31.9 Å². The molecule has 0 unspecified atom stereocenters. The number of carbonyl (C=O) groups excluding carboxylic acids is 1. The minimum Gasteiger partial charge on any atom is -0.369 e. The molecule has 1 saturated heterocycles. The van der Waals surface area contributed by atoms with E-state index < -0.39 is 0 Å². The minimum atomic E-state index is -0.117. The van der Waals surface area contributed by atoms with Gasteiger partial charge < -0.3 is 20.3 Å². The Morgan fingerprint density at radius 1 is 1.30 bits per heavy atom. The van der Waals surface area contributed by atoms with E-state index in [2.05, 4.69) is 15.5 Å². The van der Waals surface area contributed by atoms with Crippen molar-refractivity contribution in [2.45, 2.75) is 20.0 Å². The second kappa shape index (κ2) is 7.26. The maximum Gasteiger partial charge on any atom is 0.250 e. The van der Waals surface area contributed by atoms with Gasteiger partial charge in [-0.1, -0.05) is 0 Å². The van der Waals surface area contributed by atoms with Crippen LogP contribution in [0.3, 0.4) is 0 Å². The van der Waals surface area contributed by atoms with Crippen molar-refractivity contribution >= 4 is 17.3 Å². The number of nitrogens with one attached hydrogen (secondary N) is 2. The van der Waals surface area contributed by atoms with Crippen molar-refractivity contribution in [3.8, 4) is 0 Å². The molecule has 1 aromatic carbocycles. The lowest BCUT2D eigenvalue weighted by Crippen LogP contribution is -2.43. The summed E-state index contributed by atoms with van der Waals surface area (Å²) in [5, 5.41) is 6.17. The first-order valence-corrected chi connectivity index (χ1v) is 7.12. The highest BCUT2D eigenvalue weighted by atomic mass is 16.5. The molecule has 0 aliphatic carbocycles. The highest BCUT2D eigenvalue weighted by Gasteiger charge is 2.10. The standard InChI is InChI=1S/C15H23N3O2/c1-12(2)20-11-15(19)17-13-3-5-14(6-4-13)18-9-7-16-8-10-18/h3-6,12,16H,7-11H2,1-2H3,(H,17,19). The van der Waals surface area contributed by atoms with E-state index in [1.807, 2.05) is 38.1 Å². The van der Waals surface area contributed by atoms with Gasteiger partial charge in [-0.15, -0.1) is 0 Å². The zero-order valence-corrected chi connectivity index (χ0v) is 12.2. The maximum atomic E-state index is 11.6. The summed E-state index contributed by atoms with van der Waals surface area (Å²) in [5.41, 5.74) is 2.00. The number of carbonyl (C=O) groups is 1. The van der Waals surface area contributed by atoms with Crippen LogP contribution in [0.5, 0.6) is 0 Å². The maximum absolute atomic E-state index is 11.6. The third-order valence-electron chi connectivity index (χ3n) is 3.18. The van der Waals surface area contributed by atoms with Crippen molar-refractivity contribution in [1.29, 1.82) is 0 Å². The lowest BCUT2D eigenvalue weighted by molar-refractivity contribution is -0.121. The molecule has 0 saturated carbocycles. The summed E-state index contributed by atoms with van der Waals surface area (Å²) in [4.78, 5) is 14.0. The van der Waals surface area contributed by atoms with Crippen molar-refractivity contribution in [2.75, 3.05) is 43.0 Å². The van der Waals surface area contributed by atoms with Crippen LogP contribution >= 0.6 is 0 Å². The van der Waals surface area contributed by atoms with Crippen LogP contribution in [0.15, 0.2) is 24.3 Å². The van der Waals surface area contributed by atoms with Crippen LogP contribution in [0.4, 0.5) is 11.4 Å². The Labute approximate surface area is 120 Å². The van der Waals surface area contributed by atoms with Gasteiger partial charge in [0.05, 0.1) is 6.10 Å². The molecule has 1 aliphatic rings. The van der Waals surface area contributed by atoms with E-state index in [1.165, 1.54) is 5.69 Å². The fourth-order valence-corrected chi connectivity index (χ4v) is 2.12. The van der Waals surface area contributed by atoms with Crippen molar-refractivity contribution in [1.82, 2.24) is 5.32 Å². The number of nitrogens with zero attached hydrogens (tertiary/aromatic N) is 1. The van der Waals surface area contributed by atoms with Crippen molar-refractivity contribution in [3.63, 3.8) is 0 Å². The zero-order valence-electron chi connectivity index (χ0n) is 12.2. The summed E-state index contributed by atoms with van der Waals surface area (Å²) in [6.45, 7) is 8.00. The number of amides is 1. The number of hydrogen-bond acceptors (Lipinski definition) is 4. The van der Waals surface area contributed by atoms with Crippen LogP contribution in [0.1, 0.15) is 13.8 Å². The lowest BCUT2D eigenvalue weighted by atomic mass is 10.2. The van der Waals surface area contributed by atoms with Gasteiger partial charge in [-0.2, -0.15) is 0 Å². The molecule has 1 amide bonds. The van der Waals surface area contributed by atoms with Gasteiger partial charge in [0.2, 0.25) is 5.91 Å². The van der Waals surface area contributed by atoms with Gasteiger partial charge in [0, 0.05) is 37.6 Å². The third-order valence-corrected chi connectivity index (χ3v) is 3.18. The molecule has 110 valence electrons. The predicted molar refractivity (Wildman–Crippen MR) is 81.2 cm³/mol. The molecule has 1 aliphatic heterocycles. The number of piperazine rings is 1. The largest absolute Gasteiger partial charge is 0.369 e. The number of benzene rings is 1. The first kappa shape index (κ1) is 14.8. The minimum absolute atomic E-state index is 0.0656. The van der Waals surface area contributed by atoms with E-state index >= 15 is 0 Å². The molecule has 0 atom stereocenters. The smallest absolute Gasteiger partial charge is 0.250 e. The highest BCUT2D eigenvalue weighted by Crippen LogP contribution is 2.18. The van der Waals surface area contributed by atoms with Crippen LogP contribution < -0.4 is 15.5 Å². The Balaban J connectivity index is 1.86. The summed E-state index contributed by atoms with van der Waals surface area (Å²) in [6.07, 6.45) is 0.0656. The number of ether oxygens (including phenoxy) is 1. The third kappa shape index (κ3) is 4.51. The monoisotopic (exact) mass is 277 g/mol. The molecular formula is C15H23N3O2. The van der Waals surface area contributed by atoms with Crippen LogP contribution in [0, 0.1) is 0 Å². The Bertz CT molecular complexity index is 425. The fourth-order valence-electron chi connectivity index (χ4n) is 2.12. The Morgan fingerprint density at radius 3 is 2.55 bits per heavy atom. The molecule has 2 rings (SSSR count). The number of anilines is 2. The summed E-state index contributed by atoms with van der Waals surface area (Å²) in [6, 6.07) is 7.96. The van der Waals surface area contributed by atoms with E-state index in [4.69, 9.17) is 4.74 Å². The second-order valence-corrected chi connectivity index (χ2v) is 5.19. The molecule has 5 heteroatoms. The van der Waals surface area contributed by atoms with E-state index in [0.29, 0.717) is 0 Å². The lowest BCUT2D eigenvalue weighted by Gasteiger charge is -2.29. The first-order valence-electron chi connectivity index (χ1n) is 7.12. The SMILES string of the molecule is CC(C)OCC(=O)Nc1ccc(N2CCNCC2)cc1. The van der Waals surface area contributed by atoms with E-state index in [1.54, 1.807) is 0 Å². The second-order valence-electron chi connectivity index (χ2n) is 5.19. The summed E-state index contributed by atoms with van der Waals surface area (Å²) in [5.74, 6) is -0.117. The predicted octanol–water partition coefficient (Wildman–Crippen LogP) is 1.46. The average molecular weight is 277 g/mol. The van der Waals surface area contributed by atoms with Crippen LogP contribution in [-0.4, -0.2) is 44.8 Å². The van der Waals surface area contributed by atoms with Gasteiger partial charge in [-0.25, -0.2) is 0 Å². The van der Waals surface area contributed by atoms with Gasteiger partial charge in [-0.3, -0.25) is 4.79 Å². The molecule has 2 N–H and O–H groups in total. The first-order chi connectivity index (χ1) is 9.65. The van der Waals surface area contributed by atoms with Crippen molar-refractivity contribution < 1.29 is 9.53 Å². The molecule has 1 heterocycles. The van der Waals surface area contributed by atoms with E-state index in [-0.39, 0.29) is 18.6 Å². The normalized spacial score (nSPS) is 15.4. The molecule has 20 heavy (non-hydrogen) atoms. The molecule has 5 nitrogen and oxygen atoms in total. The molecule has 1 fully saturated rings. The quantitative estimate of drug-likeness (QED) is 0.855. The molecule has 0 bridgehead atoms. The van der Waals surface area contributed by atoms with Crippen molar-refractivity contribution in [2.24, 2.45) is 0 Å². The van der Waals surface area contributed by atoms with Gasteiger partial charge in [0.15, 0.2) is 0 Å². The summed E-state index contributed by atoms with van der Waals surface area (Å²) in [7, 11) is 0. The highest BCUT2D eigenvalue weighted by molar-refractivity contribution is 5.91. The number of hydrogen-bond donors (Lipinski definition) is 2. The fraction of sp³-hybridized carbons (Fsp3) is 0.533. The van der Waals surface area contributed by atoms with Gasteiger partial charge in [-0.05, 0) is 38.1 Å². The van der Waals surface area contributed by atoms with Gasteiger partial charge in [0.25, 0.3) is 0 Å². The zero-order chi connectivity index (χ0) is 14.4. The van der Waals surface area contributed by atoms with Crippen molar-refractivity contribution in [3.05, 3.63) is 24.3 Å². The molecule has 0 spiro atoms. The molecule has 0 aromatic heterocycles. The van der Waals surface area contributed by atoms with Crippen LogP contribution in [0.25, 0.3) is 0 Å².